The Hall–Kier alpha value is -0.760. The lowest BCUT2D eigenvalue weighted by Gasteiger charge is -2.11. The van der Waals surface area contributed by atoms with Gasteiger partial charge in [-0.2, -0.15) is 0 Å². The number of hydrogen-bond acceptors (Lipinski definition) is 7. The Morgan fingerprint density at radius 3 is 2.76 bits per heavy atom. The minimum Gasteiger partial charge on any atom is -0.491 e. The van der Waals surface area contributed by atoms with E-state index in [-0.39, 0.29) is 6.61 Å². The summed E-state index contributed by atoms with van der Waals surface area (Å²) in [7, 11) is 0. The van der Waals surface area contributed by atoms with E-state index in [2.05, 4.69) is 17.1 Å². The third kappa shape index (κ3) is 5.86. The normalized spacial score (nSPS) is 12.3. The van der Waals surface area contributed by atoms with E-state index < -0.39 is 6.10 Å². The maximum atomic E-state index is 9.96. The number of ether oxygens (including phenoxy) is 1. The molecular formula is C14H18N2O2S3. The second-order valence-corrected chi connectivity index (χ2v) is 8.12. The van der Waals surface area contributed by atoms with Crippen LogP contribution in [0.15, 0.2) is 32.9 Å². The van der Waals surface area contributed by atoms with Gasteiger partial charge < -0.3 is 9.84 Å². The number of nitrogens with zero attached hydrogens (tertiary/aromatic N) is 2. The summed E-state index contributed by atoms with van der Waals surface area (Å²) < 4.78 is 7.45. The van der Waals surface area contributed by atoms with Gasteiger partial charge in [-0.25, -0.2) is 0 Å². The third-order valence-electron chi connectivity index (χ3n) is 2.49. The first kappa shape index (κ1) is 16.6. The Morgan fingerprint density at radius 1 is 1.29 bits per heavy atom. The summed E-state index contributed by atoms with van der Waals surface area (Å²) in [4.78, 5) is 0. The first-order valence-electron chi connectivity index (χ1n) is 6.64. The van der Waals surface area contributed by atoms with Crippen LogP contribution in [0.2, 0.25) is 0 Å². The van der Waals surface area contributed by atoms with Gasteiger partial charge in [0.15, 0.2) is 8.68 Å². The highest BCUT2D eigenvalue weighted by molar-refractivity contribution is 8.03. The van der Waals surface area contributed by atoms with Crippen molar-refractivity contribution < 1.29 is 9.84 Å². The third-order valence-corrected chi connectivity index (χ3v) is 5.70. The summed E-state index contributed by atoms with van der Waals surface area (Å²) in [5.41, 5.74) is 1.14. The van der Waals surface area contributed by atoms with Crippen LogP contribution in [0.3, 0.4) is 0 Å². The zero-order valence-corrected chi connectivity index (χ0v) is 14.4. The average molecular weight is 343 g/mol. The van der Waals surface area contributed by atoms with Crippen molar-refractivity contribution in [2.75, 3.05) is 18.1 Å². The van der Waals surface area contributed by atoms with E-state index >= 15 is 0 Å². The van der Waals surface area contributed by atoms with Gasteiger partial charge in [0.2, 0.25) is 0 Å². The van der Waals surface area contributed by atoms with E-state index in [9.17, 15) is 5.11 Å². The highest BCUT2D eigenvalue weighted by Gasteiger charge is 2.10. The molecule has 2 aromatic rings. The number of rotatable bonds is 8. The van der Waals surface area contributed by atoms with Crippen LogP contribution in [0.1, 0.15) is 12.5 Å². The molecule has 2 rings (SSSR count). The molecule has 0 aliphatic carbocycles. The van der Waals surface area contributed by atoms with Crippen LogP contribution in [0.5, 0.6) is 5.75 Å². The first-order chi connectivity index (χ1) is 10.2. The van der Waals surface area contributed by atoms with Crippen molar-refractivity contribution in [2.45, 2.75) is 28.6 Å². The average Bonchev–Trinajstić information content (AvgIpc) is 2.91. The molecule has 4 nitrogen and oxygen atoms in total. The molecule has 1 aromatic carbocycles. The molecule has 0 saturated carbocycles. The molecule has 21 heavy (non-hydrogen) atoms. The van der Waals surface area contributed by atoms with E-state index in [0.29, 0.717) is 5.75 Å². The number of aryl methyl sites for hydroxylation is 1. The molecule has 0 bridgehead atoms. The van der Waals surface area contributed by atoms with Crippen LogP contribution in [0.4, 0.5) is 0 Å². The summed E-state index contributed by atoms with van der Waals surface area (Å²) >= 11 is 4.77. The van der Waals surface area contributed by atoms with Gasteiger partial charge in [-0.15, -0.1) is 10.2 Å². The minimum atomic E-state index is -0.526. The fraction of sp³-hybridized carbons (Fsp3) is 0.429. The highest BCUT2D eigenvalue weighted by Crippen LogP contribution is 2.28. The van der Waals surface area contributed by atoms with Gasteiger partial charge in [-0.05, 0) is 30.4 Å². The van der Waals surface area contributed by atoms with Gasteiger partial charge in [-0.1, -0.05) is 53.9 Å². The van der Waals surface area contributed by atoms with Gasteiger partial charge >= 0.3 is 0 Å². The SMILES string of the molecule is CCSc1nnc(SCC(O)COc2cccc(C)c2)s1. The molecule has 1 aromatic heterocycles. The fourth-order valence-electron chi connectivity index (χ4n) is 1.55. The van der Waals surface area contributed by atoms with Crippen molar-refractivity contribution in [2.24, 2.45) is 0 Å². The molecule has 0 saturated heterocycles. The highest BCUT2D eigenvalue weighted by atomic mass is 32.2. The second-order valence-electron chi connectivity index (χ2n) is 4.36. The maximum Gasteiger partial charge on any atom is 0.175 e. The van der Waals surface area contributed by atoms with Gasteiger partial charge in [-0.3, -0.25) is 0 Å². The molecule has 0 fully saturated rings. The zero-order valence-electron chi connectivity index (χ0n) is 12.0. The first-order valence-corrected chi connectivity index (χ1v) is 9.42. The predicted molar refractivity (Wildman–Crippen MR) is 89.7 cm³/mol. The molecule has 0 amide bonds. The molecule has 114 valence electrons. The Bertz CT molecular complexity index is 563. The van der Waals surface area contributed by atoms with Gasteiger partial charge in [0, 0.05) is 5.75 Å². The molecule has 1 N–H and O–H groups in total. The second kappa shape index (κ2) is 8.63. The largest absolute Gasteiger partial charge is 0.491 e. The van der Waals surface area contributed by atoms with Gasteiger partial charge in [0.1, 0.15) is 12.4 Å². The Morgan fingerprint density at radius 2 is 2.05 bits per heavy atom. The van der Waals surface area contributed by atoms with E-state index in [1.165, 1.54) is 11.8 Å². The topological polar surface area (TPSA) is 55.2 Å². The van der Waals surface area contributed by atoms with Crippen molar-refractivity contribution in [1.29, 1.82) is 0 Å². The fourth-order valence-corrected chi connectivity index (χ4v) is 4.40. The van der Waals surface area contributed by atoms with E-state index in [1.807, 2.05) is 31.2 Å². The van der Waals surface area contributed by atoms with E-state index in [4.69, 9.17) is 4.74 Å². The molecule has 0 radical (unpaired) electrons. The maximum absolute atomic E-state index is 9.96. The summed E-state index contributed by atoms with van der Waals surface area (Å²) in [5, 5.41) is 18.1. The molecule has 0 aliphatic rings. The Kier molecular flexibility index (Phi) is 6.82. The number of aromatic nitrogens is 2. The van der Waals surface area contributed by atoms with Crippen LogP contribution < -0.4 is 4.74 Å². The molecule has 0 spiro atoms. The molecule has 7 heteroatoms. The monoisotopic (exact) mass is 342 g/mol. The zero-order chi connectivity index (χ0) is 15.1. The smallest absolute Gasteiger partial charge is 0.175 e. The number of thioether (sulfide) groups is 2. The van der Waals surface area contributed by atoms with Crippen LogP contribution >= 0.6 is 34.9 Å². The lowest BCUT2D eigenvalue weighted by molar-refractivity contribution is 0.126. The quantitative estimate of drug-likeness (QED) is 0.741. The molecular weight excluding hydrogens is 324 g/mol. The van der Waals surface area contributed by atoms with Crippen LogP contribution in [-0.4, -0.2) is 39.5 Å². The molecule has 1 heterocycles. The van der Waals surface area contributed by atoms with Crippen molar-refractivity contribution in [3.63, 3.8) is 0 Å². The minimum absolute atomic E-state index is 0.284. The van der Waals surface area contributed by atoms with Crippen LogP contribution in [-0.2, 0) is 0 Å². The molecule has 1 atom stereocenters. The van der Waals surface area contributed by atoms with Gasteiger partial charge in [0.25, 0.3) is 0 Å². The molecule has 1 unspecified atom stereocenters. The lowest BCUT2D eigenvalue weighted by Crippen LogP contribution is -2.20. The Labute approximate surface area is 137 Å². The number of hydrogen-bond donors (Lipinski definition) is 1. The van der Waals surface area contributed by atoms with Crippen molar-refractivity contribution in [1.82, 2.24) is 10.2 Å². The summed E-state index contributed by atoms with van der Waals surface area (Å²) in [6, 6.07) is 7.81. The van der Waals surface area contributed by atoms with Crippen LogP contribution in [0, 0.1) is 6.92 Å². The van der Waals surface area contributed by atoms with Crippen LogP contribution in [0.25, 0.3) is 0 Å². The summed E-state index contributed by atoms with van der Waals surface area (Å²) in [6.07, 6.45) is -0.526. The summed E-state index contributed by atoms with van der Waals surface area (Å²) in [6.45, 7) is 4.39. The predicted octanol–water partition coefficient (Wildman–Crippen LogP) is 3.49. The van der Waals surface area contributed by atoms with Gasteiger partial charge in [0.05, 0.1) is 6.10 Å². The Balaban J connectivity index is 1.72. The van der Waals surface area contributed by atoms with Crippen molar-refractivity contribution in [3.8, 4) is 5.75 Å². The van der Waals surface area contributed by atoms with E-state index in [1.54, 1.807) is 23.1 Å². The molecule has 0 aliphatic heterocycles. The van der Waals surface area contributed by atoms with Crippen molar-refractivity contribution >= 4 is 34.9 Å². The summed E-state index contributed by atoms with van der Waals surface area (Å²) in [5.74, 6) is 2.33. The number of benzene rings is 1. The lowest BCUT2D eigenvalue weighted by atomic mass is 10.2. The number of aliphatic hydroxyl groups is 1. The van der Waals surface area contributed by atoms with Crippen molar-refractivity contribution in [3.05, 3.63) is 29.8 Å². The van der Waals surface area contributed by atoms with E-state index in [0.717, 1.165) is 25.7 Å². The standard InChI is InChI=1S/C14H18N2O2S3/c1-3-19-13-15-16-14(21-13)20-9-11(17)8-18-12-6-4-5-10(2)7-12/h4-7,11,17H,3,8-9H2,1-2H3. The number of aliphatic hydroxyl groups excluding tert-OH is 1.